The van der Waals surface area contributed by atoms with Crippen molar-refractivity contribution in [1.29, 1.82) is 0 Å². The predicted molar refractivity (Wildman–Crippen MR) is 66.9 cm³/mol. The number of terminal acetylenes is 1. The van der Waals surface area contributed by atoms with Crippen molar-refractivity contribution in [3.05, 3.63) is 17.8 Å². The summed E-state index contributed by atoms with van der Waals surface area (Å²) >= 11 is 0. The molecule has 0 saturated heterocycles. The minimum absolute atomic E-state index is 0.116. The molecule has 0 radical (unpaired) electrons. The van der Waals surface area contributed by atoms with E-state index in [1.165, 1.54) is 0 Å². The molecule has 0 fully saturated rings. The molecule has 0 aliphatic heterocycles. The summed E-state index contributed by atoms with van der Waals surface area (Å²) in [6.45, 7) is 6.48. The molecule has 98 valence electrons. The first kappa shape index (κ1) is 14.3. The van der Waals surface area contributed by atoms with Crippen LogP contribution in [0.4, 0.5) is 0 Å². The molecule has 0 saturated carbocycles. The third-order valence-corrected chi connectivity index (χ3v) is 2.33. The summed E-state index contributed by atoms with van der Waals surface area (Å²) in [5.41, 5.74) is -0.116. The number of carbonyl (C=O) groups is 1. The molecule has 1 aromatic rings. The van der Waals surface area contributed by atoms with Crippen molar-refractivity contribution in [2.45, 2.75) is 32.7 Å². The van der Waals surface area contributed by atoms with Gasteiger partial charge in [-0.05, 0) is 0 Å². The van der Waals surface area contributed by atoms with Gasteiger partial charge in [-0.3, -0.25) is 9.69 Å². The second kappa shape index (κ2) is 5.69. The van der Waals surface area contributed by atoms with Gasteiger partial charge in [-0.1, -0.05) is 26.7 Å². The Kier molecular flexibility index (Phi) is 4.51. The third-order valence-electron chi connectivity index (χ3n) is 2.33. The second-order valence-corrected chi connectivity index (χ2v) is 5.11. The first-order valence-electron chi connectivity index (χ1n) is 5.65. The maximum absolute atomic E-state index is 10.7. The molecule has 0 aromatic carbocycles. The van der Waals surface area contributed by atoms with E-state index in [1.807, 2.05) is 20.8 Å². The monoisotopic (exact) mass is 250 g/mol. The van der Waals surface area contributed by atoms with E-state index in [4.69, 9.17) is 15.9 Å². The highest BCUT2D eigenvalue weighted by atomic mass is 16.4. The van der Waals surface area contributed by atoms with Crippen LogP contribution in [0.3, 0.4) is 0 Å². The van der Waals surface area contributed by atoms with E-state index in [0.29, 0.717) is 12.4 Å². The van der Waals surface area contributed by atoms with Gasteiger partial charge in [0.2, 0.25) is 5.89 Å². The summed E-state index contributed by atoms with van der Waals surface area (Å²) in [5, 5.41) is 8.76. The number of hydrogen-bond acceptors (Lipinski definition) is 4. The van der Waals surface area contributed by atoms with Gasteiger partial charge in [0.15, 0.2) is 0 Å². The van der Waals surface area contributed by atoms with Crippen molar-refractivity contribution in [2.75, 3.05) is 13.1 Å². The Hall–Kier alpha value is -1.80. The quantitative estimate of drug-likeness (QED) is 0.802. The number of carboxylic acid groups (broad SMARTS) is 1. The number of aromatic nitrogens is 1. The first-order valence-corrected chi connectivity index (χ1v) is 5.65. The van der Waals surface area contributed by atoms with E-state index in [-0.39, 0.29) is 18.5 Å². The molecule has 0 unspecified atom stereocenters. The van der Waals surface area contributed by atoms with Crippen LogP contribution in [0.25, 0.3) is 0 Å². The van der Waals surface area contributed by atoms with E-state index in [0.717, 1.165) is 5.76 Å². The highest BCUT2D eigenvalue weighted by Crippen LogP contribution is 2.22. The lowest BCUT2D eigenvalue weighted by Crippen LogP contribution is -2.29. The van der Waals surface area contributed by atoms with Gasteiger partial charge in [-0.15, -0.1) is 6.42 Å². The molecule has 0 atom stereocenters. The Morgan fingerprint density at radius 2 is 2.28 bits per heavy atom. The van der Waals surface area contributed by atoms with Crippen molar-refractivity contribution in [1.82, 2.24) is 9.88 Å². The molecule has 1 aromatic heterocycles. The van der Waals surface area contributed by atoms with Crippen molar-refractivity contribution in [2.24, 2.45) is 0 Å². The first-order chi connectivity index (χ1) is 8.32. The maximum Gasteiger partial charge on any atom is 0.317 e. The number of rotatable bonds is 5. The van der Waals surface area contributed by atoms with Crippen molar-refractivity contribution >= 4 is 5.97 Å². The number of nitrogens with zero attached hydrogens (tertiary/aromatic N) is 2. The van der Waals surface area contributed by atoms with Gasteiger partial charge in [0.1, 0.15) is 5.76 Å². The summed E-state index contributed by atoms with van der Waals surface area (Å²) in [5.74, 6) is 2.75. The van der Waals surface area contributed by atoms with Crippen LogP contribution in [-0.4, -0.2) is 34.0 Å². The van der Waals surface area contributed by atoms with Gasteiger partial charge in [0, 0.05) is 5.41 Å². The molecular formula is C13H18N2O3. The highest BCUT2D eigenvalue weighted by molar-refractivity contribution is 5.69. The van der Waals surface area contributed by atoms with Crippen molar-refractivity contribution in [3.63, 3.8) is 0 Å². The summed E-state index contributed by atoms with van der Waals surface area (Å²) < 4.78 is 5.59. The van der Waals surface area contributed by atoms with Crippen molar-refractivity contribution < 1.29 is 14.3 Å². The molecule has 5 heteroatoms. The molecule has 0 aliphatic rings. The molecule has 18 heavy (non-hydrogen) atoms. The fourth-order valence-electron chi connectivity index (χ4n) is 1.41. The van der Waals surface area contributed by atoms with Crippen LogP contribution in [0, 0.1) is 12.3 Å². The topological polar surface area (TPSA) is 66.6 Å². The Morgan fingerprint density at radius 3 is 2.72 bits per heavy atom. The lowest BCUT2D eigenvalue weighted by atomic mass is 9.94. The molecule has 0 aliphatic carbocycles. The van der Waals surface area contributed by atoms with E-state index in [1.54, 1.807) is 11.1 Å². The standard InChI is InChI=1S/C13H18N2O3/c1-5-6-15(9-12(16)17)8-11-14-7-10(18-11)13(2,3)4/h1,7H,6,8-9H2,2-4H3,(H,16,17). The number of hydrogen-bond donors (Lipinski definition) is 1. The highest BCUT2D eigenvalue weighted by Gasteiger charge is 2.20. The van der Waals surface area contributed by atoms with Crippen molar-refractivity contribution in [3.8, 4) is 12.3 Å². The molecule has 5 nitrogen and oxygen atoms in total. The van der Waals surface area contributed by atoms with Crippen LogP contribution in [0.2, 0.25) is 0 Å². The number of aliphatic carboxylic acids is 1. The Balaban J connectivity index is 2.73. The third kappa shape index (κ3) is 4.22. The van der Waals surface area contributed by atoms with Gasteiger partial charge < -0.3 is 9.52 Å². The zero-order chi connectivity index (χ0) is 13.8. The Labute approximate surface area is 107 Å². The van der Waals surface area contributed by atoms with E-state index >= 15 is 0 Å². The summed E-state index contributed by atoms with van der Waals surface area (Å²) in [6, 6.07) is 0. The summed E-state index contributed by atoms with van der Waals surface area (Å²) in [4.78, 5) is 16.4. The van der Waals surface area contributed by atoms with Crippen LogP contribution in [0.5, 0.6) is 0 Å². The molecule has 1 N–H and O–H groups in total. The van der Waals surface area contributed by atoms with E-state index < -0.39 is 5.97 Å². The molecule has 0 spiro atoms. The van der Waals surface area contributed by atoms with Gasteiger partial charge in [-0.25, -0.2) is 4.98 Å². The number of carboxylic acids is 1. The van der Waals surface area contributed by atoms with Gasteiger partial charge in [0.25, 0.3) is 0 Å². The number of oxazole rings is 1. The van der Waals surface area contributed by atoms with E-state index in [2.05, 4.69) is 10.9 Å². The normalized spacial score (nSPS) is 11.5. The van der Waals surface area contributed by atoms with Crippen LogP contribution in [0.15, 0.2) is 10.6 Å². The van der Waals surface area contributed by atoms with Crippen LogP contribution < -0.4 is 0 Å². The van der Waals surface area contributed by atoms with Gasteiger partial charge in [-0.2, -0.15) is 0 Å². The average Bonchev–Trinajstić information content (AvgIpc) is 2.64. The smallest absolute Gasteiger partial charge is 0.317 e. The molecular weight excluding hydrogens is 232 g/mol. The van der Waals surface area contributed by atoms with Gasteiger partial charge >= 0.3 is 5.97 Å². The predicted octanol–water partition coefficient (Wildman–Crippen LogP) is 1.49. The fraction of sp³-hybridized carbons (Fsp3) is 0.538. The molecule has 0 bridgehead atoms. The second-order valence-electron chi connectivity index (χ2n) is 5.11. The molecule has 1 rings (SSSR count). The summed E-state index contributed by atoms with van der Waals surface area (Å²) in [6.07, 6.45) is 6.87. The van der Waals surface area contributed by atoms with Crippen LogP contribution in [0.1, 0.15) is 32.4 Å². The minimum Gasteiger partial charge on any atom is -0.480 e. The zero-order valence-electron chi connectivity index (χ0n) is 10.9. The fourth-order valence-corrected chi connectivity index (χ4v) is 1.41. The summed E-state index contributed by atoms with van der Waals surface area (Å²) in [7, 11) is 0. The maximum atomic E-state index is 10.7. The molecule has 0 amide bonds. The largest absolute Gasteiger partial charge is 0.480 e. The lowest BCUT2D eigenvalue weighted by molar-refractivity contribution is -0.138. The average molecular weight is 250 g/mol. The molecule has 1 heterocycles. The van der Waals surface area contributed by atoms with Gasteiger partial charge in [0.05, 0.1) is 25.8 Å². The Morgan fingerprint density at radius 1 is 1.61 bits per heavy atom. The minimum atomic E-state index is -0.923. The SMILES string of the molecule is C#CCN(CC(=O)O)Cc1ncc(C(C)(C)C)o1. The van der Waals surface area contributed by atoms with E-state index in [9.17, 15) is 4.79 Å². The lowest BCUT2D eigenvalue weighted by Gasteiger charge is -2.16. The zero-order valence-corrected chi connectivity index (χ0v) is 10.9. The Bertz CT molecular complexity index is 452. The van der Waals surface area contributed by atoms with Crippen LogP contribution in [-0.2, 0) is 16.8 Å². The van der Waals surface area contributed by atoms with Crippen LogP contribution >= 0.6 is 0 Å².